The minimum absolute atomic E-state index is 0.143. The number of rotatable bonds is 12. The minimum atomic E-state index is -3.70. The first-order chi connectivity index (χ1) is 12.7. The summed E-state index contributed by atoms with van der Waals surface area (Å²) in [6.45, 7) is 9.01. The van der Waals surface area contributed by atoms with Crippen molar-refractivity contribution in [3.63, 3.8) is 0 Å². The number of hydrogen-bond donors (Lipinski definition) is 0. The SMILES string of the molecule is CCCCN(CCCC)OS(=O)(=O)CCC1OC(OC)C2OC(C)(C)OC12. The van der Waals surface area contributed by atoms with Gasteiger partial charge in [0.25, 0.3) is 10.1 Å². The second kappa shape index (κ2) is 9.96. The largest absolute Gasteiger partial charge is 0.353 e. The van der Waals surface area contributed by atoms with Gasteiger partial charge < -0.3 is 18.9 Å². The molecule has 0 bridgehead atoms. The molecule has 2 heterocycles. The molecule has 0 N–H and O–H groups in total. The summed E-state index contributed by atoms with van der Waals surface area (Å²) in [5.74, 6) is -0.878. The Kier molecular flexibility index (Phi) is 8.48. The van der Waals surface area contributed by atoms with E-state index in [-0.39, 0.29) is 24.4 Å². The van der Waals surface area contributed by atoms with E-state index in [1.807, 2.05) is 13.8 Å². The summed E-state index contributed by atoms with van der Waals surface area (Å²) in [5, 5.41) is 1.57. The summed E-state index contributed by atoms with van der Waals surface area (Å²) >= 11 is 0. The van der Waals surface area contributed by atoms with Crippen LogP contribution < -0.4 is 0 Å². The Morgan fingerprint density at radius 2 is 1.63 bits per heavy atom. The highest BCUT2D eigenvalue weighted by Gasteiger charge is 2.55. The van der Waals surface area contributed by atoms with Gasteiger partial charge in [0.1, 0.15) is 12.2 Å². The fraction of sp³-hybridized carbons (Fsp3) is 1.00. The Morgan fingerprint density at radius 1 is 1.04 bits per heavy atom. The fourth-order valence-electron chi connectivity index (χ4n) is 3.38. The monoisotopic (exact) mass is 409 g/mol. The molecular formula is C18H35NO7S. The molecule has 0 aromatic carbocycles. The van der Waals surface area contributed by atoms with Gasteiger partial charge in [0.05, 0.1) is 11.9 Å². The number of unbranched alkanes of at least 4 members (excludes halogenated alkanes) is 2. The second-order valence-electron chi connectivity index (χ2n) is 7.60. The van der Waals surface area contributed by atoms with E-state index < -0.39 is 28.3 Å². The quantitative estimate of drug-likeness (QED) is 0.455. The van der Waals surface area contributed by atoms with Crippen LogP contribution in [-0.4, -0.2) is 69.8 Å². The van der Waals surface area contributed by atoms with Crippen LogP contribution in [-0.2, 0) is 33.3 Å². The molecule has 0 aromatic rings. The third-order valence-corrected chi connectivity index (χ3v) is 5.91. The third-order valence-electron chi connectivity index (χ3n) is 4.73. The zero-order chi connectivity index (χ0) is 20.1. The molecule has 2 aliphatic heterocycles. The molecule has 0 radical (unpaired) electrons. The highest BCUT2D eigenvalue weighted by Crippen LogP contribution is 2.40. The maximum absolute atomic E-state index is 12.5. The van der Waals surface area contributed by atoms with E-state index in [4.69, 9.17) is 23.2 Å². The van der Waals surface area contributed by atoms with Crippen molar-refractivity contribution in [2.45, 2.75) is 90.2 Å². The van der Waals surface area contributed by atoms with E-state index in [9.17, 15) is 8.42 Å². The highest BCUT2D eigenvalue weighted by atomic mass is 32.2. The first-order valence-electron chi connectivity index (χ1n) is 9.92. The molecule has 160 valence electrons. The van der Waals surface area contributed by atoms with Crippen LogP contribution in [0.1, 0.15) is 59.8 Å². The average molecular weight is 410 g/mol. The van der Waals surface area contributed by atoms with Crippen LogP contribution in [0.25, 0.3) is 0 Å². The van der Waals surface area contributed by atoms with E-state index in [1.54, 1.807) is 5.06 Å². The van der Waals surface area contributed by atoms with Gasteiger partial charge in [-0.1, -0.05) is 26.7 Å². The molecule has 0 aliphatic carbocycles. The van der Waals surface area contributed by atoms with Crippen LogP contribution in [0, 0.1) is 0 Å². The van der Waals surface area contributed by atoms with Crippen molar-refractivity contribution in [1.82, 2.24) is 5.06 Å². The summed E-state index contributed by atoms with van der Waals surface area (Å²) < 4.78 is 53.1. The normalized spacial score (nSPS) is 30.1. The molecular weight excluding hydrogens is 374 g/mol. The lowest BCUT2D eigenvalue weighted by molar-refractivity contribution is -0.227. The molecule has 9 heteroatoms. The Morgan fingerprint density at radius 3 is 2.19 bits per heavy atom. The Bertz CT molecular complexity index is 546. The number of hydroxylamine groups is 2. The van der Waals surface area contributed by atoms with Gasteiger partial charge in [0.15, 0.2) is 12.1 Å². The molecule has 8 nitrogen and oxygen atoms in total. The smallest absolute Gasteiger partial charge is 0.283 e. The fourth-order valence-corrected chi connectivity index (χ4v) is 4.44. The van der Waals surface area contributed by atoms with Crippen LogP contribution in [0.2, 0.25) is 0 Å². The third kappa shape index (κ3) is 6.62. The molecule has 0 aromatic heterocycles. The van der Waals surface area contributed by atoms with E-state index in [1.165, 1.54) is 7.11 Å². The van der Waals surface area contributed by atoms with Crippen molar-refractivity contribution in [2.75, 3.05) is 26.0 Å². The topological polar surface area (TPSA) is 83.5 Å². The zero-order valence-electron chi connectivity index (χ0n) is 17.2. The number of ether oxygens (including phenoxy) is 4. The summed E-state index contributed by atoms with van der Waals surface area (Å²) in [6.07, 6.45) is 2.33. The minimum Gasteiger partial charge on any atom is -0.353 e. The van der Waals surface area contributed by atoms with E-state index >= 15 is 0 Å². The van der Waals surface area contributed by atoms with Crippen LogP contribution in [0.15, 0.2) is 0 Å². The maximum atomic E-state index is 12.5. The molecule has 0 amide bonds. The van der Waals surface area contributed by atoms with Crippen molar-refractivity contribution < 1.29 is 31.6 Å². The lowest BCUT2D eigenvalue weighted by Crippen LogP contribution is -2.34. The number of hydrogen-bond acceptors (Lipinski definition) is 8. The first kappa shape index (κ1) is 23.0. The summed E-state index contributed by atoms with van der Waals surface area (Å²) in [7, 11) is -2.16. The zero-order valence-corrected chi connectivity index (χ0v) is 18.0. The maximum Gasteiger partial charge on any atom is 0.283 e. The van der Waals surface area contributed by atoms with E-state index in [0.717, 1.165) is 25.7 Å². The summed E-state index contributed by atoms with van der Waals surface area (Å²) in [6, 6.07) is 0. The van der Waals surface area contributed by atoms with Crippen molar-refractivity contribution in [2.24, 2.45) is 0 Å². The highest BCUT2D eigenvalue weighted by molar-refractivity contribution is 7.86. The lowest BCUT2D eigenvalue weighted by Gasteiger charge is -2.24. The number of methoxy groups -OCH3 is 1. The summed E-state index contributed by atoms with van der Waals surface area (Å²) in [5.41, 5.74) is 0. The van der Waals surface area contributed by atoms with Gasteiger partial charge >= 0.3 is 0 Å². The van der Waals surface area contributed by atoms with Gasteiger partial charge in [-0.3, -0.25) is 0 Å². The molecule has 4 unspecified atom stereocenters. The Hall–Kier alpha value is -0.290. The van der Waals surface area contributed by atoms with E-state index in [2.05, 4.69) is 13.8 Å². The number of fused-ring (bicyclic) bond motifs is 1. The first-order valence-corrected chi connectivity index (χ1v) is 11.5. The van der Waals surface area contributed by atoms with Crippen LogP contribution in [0.5, 0.6) is 0 Å². The number of nitrogens with zero attached hydrogens (tertiary/aromatic N) is 1. The van der Waals surface area contributed by atoms with Crippen LogP contribution in [0.4, 0.5) is 0 Å². The molecule has 0 saturated carbocycles. The molecule has 2 aliphatic rings. The van der Waals surface area contributed by atoms with Crippen molar-refractivity contribution in [1.29, 1.82) is 0 Å². The molecule has 2 saturated heterocycles. The van der Waals surface area contributed by atoms with Gasteiger partial charge in [-0.25, -0.2) is 0 Å². The molecule has 27 heavy (non-hydrogen) atoms. The molecule has 4 atom stereocenters. The van der Waals surface area contributed by atoms with Gasteiger partial charge in [0, 0.05) is 20.2 Å². The predicted octanol–water partition coefficient (Wildman–Crippen LogP) is 2.43. The lowest BCUT2D eigenvalue weighted by atomic mass is 10.1. The summed E-state index contributed by atoms with van der Waals surface area (Å²) in [4.78, 5) is 0. The molecule has 0 spiro atoms. The molecule has 2 fully saturated rings. The van der Waals surface area contributed by atoms with Crippen LogP contribution >= 0.6 is 0 Å². The van der Waals surface area contributed by atoms with Gasteiger partial charge in [0.2, 0.25) is 0 Å². The second-order valence-corrected chi connectivity index (χ2v) is 9.28. The Labute approximate surface area is 163 Å². The van der Waals surface area contributed by atoms with Gasteiger partial charge in [-0.05, 0) is 33.1 Å². The Balaban J connectivity index is 1.91. The van der Waals surface area contributed by atoms with Crippen molar-refractivity contribution >= 4 is 10.1 Å². The average Bonchev–Trinajstić information content (AvgIpc) is 3.08. The molecule has 2 rings (SSSR count). The van der Waals surface area contributed by atoms with Crippen molar-refractivity contribution in [3.8, 4) is 0 Å². The predicted molar refractivity (Wildman–Crippen MR) is 100 cm³/mol. The van der Waals surface area contributed by atoms with Gasteiger partial charge in [-0.2, -0.15) is 17.8 Å². The van der Waals surface area contributed by atoms with E-state index in [0.29, 0.717) is 13.1 Å². The van der Waals surface area contributed by atoms with Crippen LogP contribution in [0.3, 0.4) is 0 Å². The van der Waals surface area contributed by atoms with Crippen molar-refractivity contribution in [3.05, 3.63) is 0 Å². The standard InChI is InChI=1S/C18H35NO7S/c1-6-8-11-19(12-9-7-2)26-27(20,21)13-10-14-15-16(17(22-5)23-14)25-18(3,4)24-15/h14-17H,6-13H2,1-5H3. The van der Waals surface area contributed by atoms with Gasteiger partial charge in [-0.15, -0.1) is 0 Å².